The number of carbonyl (C=O) groups excluding carboxylic acids is 1. The first kappa shape index (κ1) is 51.8. The standard InChI is InChI=1S/C49H69FN10O4S2Si/c1-37-34-44(54-55-46(37)53-49-60(36-63-32-33-67(6,7)8)40-17-10-11-18-42(40)65-49)59(25-13-9-12-22-51-23-26-58-29-27-57(4)28-30-58)48-52-45(47(61)62-5)43(66-48)19-15-31-64-41-21-20-38(35-39(41)50)16-14-24-56(2)3/h10-11,17-18,20-21,34-35,51H,9,12-13,15,19,22-33,36H2,1-8H3/b53-49-. The first-order valence-corrected chi connectivity index (χ1v) is 28.7. The van der Waals surface area contributed by atoms with Crippen molar-refractivity contribution in [3.63, 3.8) is 0 Å². The van der Waals surface area contributed by atoms with E-state index < -0.39 is 19.9 Å². The fourth-order valence-electron chi connectivity index (χ4n) is 7.29. The lowest BCUT2D eigenvalue weighted by atomic mass is 10.2. The minimum atomic E-state index is -1.25. The fourth-order valence-corrected chi connectivity index (χ4v) is 10.2. The number of nitrogens with zero attached hydrogens (tertiary/aromatic N) is 9. The summed E-state index contributed by atoms with van der Waals surface area (Å²) in [5.41, 5.74) is 2.76. The molecule has 1 fully saturated rings. The summed E-state index contributed by atoms with van der Waals surface area (Å²) in [6, 6.07) is 16.1. The van der Waals surface area contributed by atoms with Gasteiger partial charge in [-0.2, -0.15) is 4.99 Å². The third-order valence-corrected chi connectivity index (χ3v) is 15.2. The molecule has 0 atom stereocenters. The summed E-state index contributed by atoms with van der Waals surface area (Å²) in [5, 5.41) is 13.7. The minimum Gasteiger partial charge on any atom is -0.491 e. The Labute approximate surface area is 405 Å². The molecule has 1 saturated heterocycles. The van der Waals surface area contributed by atoms with Crippen molar-refractivity contribution in [2.45, 2.75) is 71.4 Å². The topological polar surface area (TPSA) is 126 Å². The molecule has 0 amide bonds. The second kappa shape index (κ2) is 25.7. The number of rotatable bonds is 24. The van der Waals surface area contributed by atoms with Gasteiger partial charge in [-0.1, -0.05) is 61.4 Å². The summed E-state index contributed by atoms with van der Waals surface area (Å²) in [4.78, 5) is 33.6. The summed E-state index contributed by atoms with van der Waals surface area (Å²) in [6.07, 6.45) is 3.89. The third kappa shape index (κ3) is 16.0. The molecule has 14 nitrogen and oxygen atoms in total. The molecule has 1 N–H and O–H groups in total. The van der Waals surface area contributed by atoms with Crippen LogP contribution in [0.2, 0.25) is 25.7 Å². The summed E-state index contributed by atoms with van der Waals surface area (Å²) in [6.45, 7) is 19.1. The number of methoxy groups -OCH3 is 1. The molecule has 0 unspecified atom stereocenters. The lowest BCUT2D eigenvalue weighted by Crippen LogP contribution is -2.46. The molecule has 3 aromatic heterocycles. The molecule has 67 heavy (non-hydrogen) atoms. The molecular weight excluding hydrogens is 904 g/mol. The molecule has 1 aliphatic heterocycles. The van der Waals surface area contributed by atoms with E-state index in [0.717, 1.165) is 96.6 Å². The number of ether oxygens (including phenoxy) is 3. The van der Waals surface area contributed by atoms with Crippen LogP contribution < -0.4 is 19.8 Å². The van der Waals surface area contributed by atoms with Crippen LogP contribution in [0, 0.1) is 24.6 Å². The highest BCUT2D eigenvalue weighted by molar-refractivity contribution is 7.16. The zero-order chi connectivity index (χ0) is 47.8. The van der Waals surface area contributed by atoms with Gasteiger partial charge in [0, 0.05) is 70.9 Å². The molecule has 0 radical (unpaired) electrons. The Morgan fingerprint density at radius 2 is 1.79 bits per heavy atom. The largest absolute Gasteiger partial charge is 0.491 e. The first-order chi connectivity index (χ1) is 32.3. The number of para-hydroxylation sites is 1. The molecule has 1 aliphatic rings. The molecule has 18 heteroatoms. The van der Waals surface area contributed by atoms with Gasteiger partial charge in [0.2, 0.25) is 0 Å². The van der Waals surface area contributed by atoms with E-state index in [0.29, 0.717) is 61.6 Å². The Kier molecular flexibility index (Phi) is 19.9. The molecule has 5 aromatic rings. The highest BCUT2D eigenvalue weighted by Gasteiger charge is 2.24. The zero-order valence-electron chi connectivity index (χ0n) is 40.7. The van der Waals surface area contributed by atoms with Gasteiger partial charge in [-0.3, -0.25) is 14.4 Å². The predicted molar refractivity (Wildman–Crippen MR) is 273 cm³/mol. The van der Waals surface area contributed by atoms with Crippen LogP contribution in [0.1, 0.15) is 52.2 Å². The number of hydrogen-bond acceptors (Lipinski definition) is 15. The second-order valence-electron chi connectivity index (χ2n) is 18.5. The molecule has 0 bridgehead atoms. The number of nitrogens with one attached hydrogen (secondary N) is 1. The number of anilines is 2. The molecule has 0 saturated carbocycles. The number of benzene rings is 2. The smallest absolute Gasteiger partial charge is 0.357 e. The van der Waals surface area contributed by atoms with Gasteiger partial charge in [-0.05, 0) is 108 Å². The van der Waals surface area contributed by atoms with E-state index in [1.54, 1.807) is 23.5 Å². The van der Waals surface area contributed by atoms with Gasteiger partial charge in [0.05, 0.1) is 30.5 Å². The number of piperazine rings is 1. The van der Waals surface area contributed by atoms with Crippen LogP contribution in [0.5, 0.6) is 5.75 Å². The maximum absolute atomic E-state index is 14.9. The van der Waals surface area contributed by atoms with Crippen molar-refractivity contribution in [3.05, 3.63) is 80.8 Å². The van der Waals surface area contributed by atoms with E-state index in [1.807, 2.05) is 49.0 Å². The van der Waals surface area contributed by atoms with E-state index in [9.17, 15) is 9.18 Å². The summed E-state index contributed by atoms with van der Waals surface area (Å²) >= 11 is 3.02. The van der Waals surface area contributed by atoms with Gasteiger partial charge < -0.3 is 29.3 Å². The predicted octanol–water partition coefficient (Wildman–Crippen LogP) is 7.80. The van der Waals surface area contributed by atoms with E-state index in [2.05, 4.69) is 70.3 Å². The maximum Gasteiger partial charge on any atom is 0.357 e. The van der Waals surface area contributed by atoms with Crippen LogP contribution in [-0.2, 0) is 22.6 Å². The van der Waals surface area contributed by atoms with Crippen molar-refractivity contribution >= 4 is 63.7 Å². The number of hydrogen-bond donors (Lipinski definition) is 1. The molecule has 4 heterocycles. The number of likely N-dealkylation sites (N-methyl/N-ethyl adjacent to an activating group) is 1. The van der Waals surface area contributed by atoms with Crippen LogP contribution in [0.15, 0.2) is 53.5 Å². The Morgan fingerprint density at radius 3 is 2.54 bits per heavy atom. The second-order valence-corrected chi connectivity index (χ2v) is 26.1. The minimum absolute atomic E-state index is 0.157. The number of aromatic nitrogens is 4. The number of aryl methyl sites for hydroxylation is 2. The Morgan fingerprint density at radius 1 is 0.985 bits per heavy atom. The fraction of sp³-hybridized carbons (Fsp3) is 0.531. The summed E-state index contributed by atoms with van der Waals surface area (Å²) in [7, 11) is 6.16. The van der Waals surface area contributed by atoms with E-state index >= 15 is 0 Å². The van der Waals surface area contributed by atoms with Crippen molar-refractivity contribution in [3.8, 4) is 17.6 Å². The van der Waals surface area contributed by atoms with Crippen LogP contribution in [0.3, 0.4) is 0 Å². The van der Waals surface area contributed by atoms with Crippen molar-refractivity contribution in [1.82, 2.24) is 39.8 Å². The third-order valence-electron chi connectivity index (χ3n) is 11.3. The summed E-state index contributed by atoms with van der Waals surface area (Å²) < 4.78 is 35.4. The average molecular weight is 973 g/mol. The highest BCUT2D eigenvalue weighted by Crippen LogP contribution is 2.34. The van der Waals surface area contributed by atoms with E-state index in [4.69, 9.17) is 34.4 Å². The van der Waals surface area contributed by atoms with Crippen molar-refractivity contribution < 1.29 is 23.4 Å². The quantitative estimate of drug-likeness (QED) is 0.0281. The Hall–Kier alpha value is -4.58. The van der Waals surface area contributed by atoms with Gasteiger partial charge in [-0.15, -0.1) is 21.5 Å². The van der Waals surface area contributed by atoms with Crippen LogP contribution in [0.25, 0.3) is 10.2 Å². The van der Waals surface area contributed by atoms with E-state index in [1.165, 1.54) is 24.5 Å². The zero-order valence-corrected chi connectivity index (χ0v) is 43.3. The van der Waals surface area contributed by atoms with Gasteiger partial charge in [-0.25, -0.2) is 14.2 Å². The van der Waals surface area contributed by atoms with Gasteiger partial charge in [0.15, 0.2) is 38.8 Å². The number of fused-ring (bicyclic) bond motifs is 1. The maximum atomic E-state index is 14.9. The van der Waals surface area contributed by atoms with Crippen LogP contribution in [-0.4, -0.2) is 149 Å². The van der Waals surface area contributed by atoms with Crippen molar-refractivity contribution in [1.29, 1.82) is 0 Å². The van der Waals surface area contributed by atoms with Gasteiger partial charge >= 0.3 is 5.97 Å². The Balaban J connectivity index is 1.18. The van der Waals surface area contributed by atoms with Crippen LogP contribution in [0.4, 0.5) is 21.2 Å². The molecule has 362 valence electrons. The molecule has 6 rings (SSSR count). The number of thiazole rings is 2. The van der Waals surface area contributed by atoms with Crippen molar-refractivity contribution in [2.75, 3.05) is 105 Å². The highest BCUT2D eigenvalue weighted by atomic mass is 32.1. The van der Waals surface area contributed by atoms with Crippen molar-refractivity contribution in [2.24, 2.45) is 4.99 Å². The number of unbranched alkanes of at least 4 members (excludes halogenated alkanes) is 2. The van der Waals surface area contributed by atoms with Gasteiger partial charge in [0.1, 0.15) is 6.73 Å². The molecule has 0 aliphatic carbocycles. The average Bonchev–Trinajstić information content (AvgIpc) is 3.88. The van der Waals surface area contributed by atoms with Crippen LogP contribution >= 0.6 is 22.7 Å². The summed E-state index contributed by atoms with van der Waals surface area (Å²) in [5.74, 6) is 6.32. The van der Waals surface area contributed by atoms with E-state index in [-0.39, 0.29) is 18.1 Å². The van der Waals surface area contributed by atoms with Gasteiger partial charge in [0.25, 0.3) is 0 Å². The number of esters is 1. The first-order valence-electron chi connectivity index (χ1n) is 23.4. The number of halogens is 1. The Bertz CT molecular complexity index is 2500. The monoisotopic (exact) mass is 972 g/mol. The SMILES string of the molecule is COC(=O)c1nc(N(CCCCCNCCN2CCN(C)CC2)c2cc(C)c(/N=c3\sc4ccccc4n3COCC[Si](C)(C)C)nn2)sc1CCCOc1ccc(C#CCN(C)C)cc1F. The normalized spacial score (nSPS) is 13.9. The molecule has 0 spiro atoms. The molecule has 2 aromatic carbocycles. The number of carbonyl (C=O) groups is 1. The lowest BCUT2D eigenvalue weighted by molar-refractivity contribution is 0.0593. The molecular formula is C49H69FN10O4S2Si. The lowest BCUT2D eigenvalue weighted by Gasteiger charge is -2.32.